The number of aliphatic hydroxyl groups excluding tert-OH is 1. The molecule has 11 nitrogen and oxygen atoms in total. The summed E-state index contributed by atoms with van der Waals surface area (Å²) >= 11 is 0. The van der Waals surface area contributed by atoms with Gasteiger partial charge in [-0.15, -0.1) is 0 Å². The fraction of sp³-hybridized carbons (Fsp3) is 0.486. The van der Waals surface area contributed by atoms with Crippen molar-refractivity contribution in [2.45, 2.75) is 52.1 Å². The Balaban J connectivity index is 1.37. The third-order valence-corrected chi connectivity index (χ3v) is 8.79. The fourth-order valence-corrected chi connectivity index (χ4v) is 6.28. The van der Waals surface area contributed by atoms with Crippen molar-refractivity contribution in [3.05, 3.63) is 65.5 Å². The molecule has 4 aromatic rings. The van der Waals surface area contributed by atoms with E-state index in [1.165, 1.54) is 7.11 Å². The summed E-state index contributed by atoms with van der Waals surface area (Å²) in [6.07, 6.45) is 3.85. The van der Waals surface area contributed by atoms with Gasteiger partial charge in [0.15, 0.2) is 5.82 Å². The zero-order valence-corrected chi connectivity index (χ0v) is 27.2. The molecule has 0 unspecified atom stereocenters. The maximum atomic E-state index is 13.9. The van der Waals surface area contributed by atoms with Crippen molar-refractivity contribution >= 4 is 39.6 Å². The number of nitrogens with zero attached hydrogens (tertiary/aromatic N) is 6. The number of aryl methyl sites for hydroxylation is 2. The Morgan fingerprint density at radius 3 is 2.50 bits per heavy atom. The summed E-state index contributed by atoms with van der Waals surface area (Å²) in [5.41, 5.74) is 10.8. The second-order valence-corrected chi connectivity index (χ2v) is 12.1. The zero-order valence-electron chi connectivity index (χ0n) is 27.2. The number of pyridine rings is 1. The van der Waals surface area contributed by atoms with Crippen LogP contribution < -0.4 is 5.73 Å². The van der Waals surface area contributed by atoms with Crippen molar-refractivity contribution < 1.29 is 19.4 Å². The Morgan fingerprint density at radius 2 is 1.74 bits per heavy atom. The van der Waals surface area contributed by atoms with Crippen LogP contribution in [0.15, 0.2) is 48.5 Å². The number of piperazine rings is 1. The fourth-order valence-electron chi connectivity index (χ4n) is 6.28. The molecule has 1 saturated heterocycles. The number of nitrogen functional groups attached to an aromatic ring is 1. The number of para-hydroxylation sites is 1. The molecule has 2 aromatic heterocycles. The number of nitrogens with two attached hydrogens (primary N) is 1. The molecule has 1 aliphatic heterocycles. The first-order valence-corrected chi connectivity index (χ1v) is 16.4. The van der Waals surface area contributed by atoms with Crippen molar-refractivity contribution in [1.82, 2.24) is 29.2 Å². The van der Waals surface area contributed by atoms with Gasteiger partial charge in [-0.25, -0.2) is 9.97 Å². The molecule has 246 valence electrons. The zero-order chi connectivity index (χ0) is 32.5. The van der Waals surface area contributed by atoms with E-state index in [1.54, 1.807) is 0 Å². The van der Waals surface area contributed by atoms with E-state index in [9.17, 15) is 14.7 Å². The largest absolute Gasteiger partial charge is 0.469 e. The van der Waals surface area contributed by atoms with Crippen molar-refractivity contribution in [3.63, 3.8) is 0 Å². The maximum absolute atomic E-state index is 13.9. The first kappa shape index (κ1) is 33.3. The molecular formula is C35H47N7O4. The van der Waals surface area contributed by atoms with Crippen LogP contribution in [0.1, 0.15) is 43.1 Å². The first-order chi connectivity index (χ1) is 22.4. The minimum Gasteiger partial charge on any atom is -0.469 e. The van der Waals surface area contributed by atoms with Crippen LogP contribution in [0.4, 0.5) is 5.82 Å². The van der Waals surface area contributed by atoms with Crippen LogP contribution in [0.5, 0.6) is 0 Å². The SMILES string of the molecule is CCCCc1nc2c(N)nc3ccccc3c2n1CCCN(Cc1cccc(CC(=O)OC)c1)C(=O)CN1CCN(CCO)CC1. The highest BCUT2D eigenvalue weighted by molar-refractivity contribution is 6.06. The monoisotopic (exact) mass is 629 g/mol. The Labute approximate surface area is 270 Å². The smallest absolute Gasteiger partial charge is 0.309 e. The number of rotatable bonds is 15. The molecule has 0 aliphatic carbocycles. The molecule has 0 atom stereocenters. The average molecular weight is 630 g/mol. The van der Waals surface area contributed by atoms with Crippen LogP contribution in [0.2, 0.25) is 0 Å². The van der Waals surface area contributed by atoms with E-state index in [2.05, 4.69) is 32.3 Å². The van der Waals surface area contributed by atoms with Gasteiger partial charge in [-0.1, -0.05) is 55.8 Å². The van der Waals surface area contributed by atoms with E-state index in [0.717, 1.165) is 90.7 Å². The summed E-state index contributed by atoms with van der Waals surface area (Å²) in [6, 6.07) is 15.9. The van der Waals surface area contributed by atoms with Gasteiger partial charge in [0.05, 0.1) is 37.7 Å². The number of fused-ring (bicyclic) bond motifs is 3. The first-order valence-electron chi connectivity index (χ1n) is 16.4. The standard InChI is InChI=1S/C35H47N7O4/c1-3-4-13-30-38-33-34(28-11-5-6-12-29(28)37-35(33)36)42(30)15-8-14-41(24-27-10-7-9-26(22-27)23-32(45)46-2)31(44)25-40-18-16-39(17-19-40)20-21-43/h5-7,9-12,22,43H,3-4,8,13-21,23-25H2,1-2H3,(H2,36,37). The van der Waals surface area contributed by atoms with Gasteiger partial charge in [0.25, 0.3) is 0 Å². The number of carbonyl (C=O) groups excluding carboxylic acids is 2. The molecule has 1 fully saturated rings. The molecule has 0 saturated carbocycles. The molecule has 2 aromatic carbocycles. The lowest BCUT2D eigenvalue weighted by Crippen LogP contribution is -2.50. The summed E-state index contributed by atoms with van der Waals surface area (Å²) in [5.74, 6) is 1.22. The summed E-state index contributed by atoms with van der Waals surface area (Å²) in [6.45, 7) is 8.29. The second-order valence-electron chi connectivity index (χ2n) is 12.1. The number of hydrogen-bond donors (Lipinski definition) is 2. The van der Waals surface area contributed by atoms with Gasteiger partial charge in [0.2, 0.25) is 5.91 Å². The van der Waals surface area contributed by atoms with Crippen LogP contribution in [-0.4, -0.2) is 106 Å². The summed E-state index contributed by atoms with van der Waals surface area (Å²) in [5, 5.41) is 10.3. The van der Waals surface area contributed by atoms with Crippen molar-refractivity contribution in [1.29, 1.82) is 0 Å². The highest BCUT2D eigenvalue weighted by Crippen LogP contribution is 2.29. The molecule has 0 spiro atoms. The minimum absolute atomic E-state index is 0.0783. The van der Waals surface area contributed by atoms with E-state index < -0.39 is 0 Å². The number of carbonyl (C=O) groups is 2. The van der Waals surface area contributed by atoms with Gasteiger partial charge < -0.3 is 25.0 Å². The molecule has 1 aliphatic rings. The third kappa shape index (κ3) is 8.20. The molecular weight excluding hydrogens is 582 g/mol. The second kappa shape index (κ2) is 16.0. The molecule has 1 amide bonds. The van der Waals surface area contributed by atoms with Crippen molar-refractivity contribution in [2.75, 3.05) is 65.3 Å². The molecule has 5 rings (SSSR count). The van der Waals surface area contributed by atoms with Crippen LogP contribution in [0.3, 0.4) is 0 Å². The number of anilines is 1. The van der Waals surface area contributed by atoms with Gasteiger partial charge in [-0.2, -0.15) is 0 Å². The average Bonchev–Trinajstić information content (AvgIpc) is 3.43. The molecule has 3 N–H and O–H groups in total. The van der Waals surface area contributed by atoms with Gasteiger partial charge in [-0.3, -0.25) is 19.4 Å². The summed E-state index contributed by atoms with van der Waals surface area (Å²) < 4.78 is 7.15. The topological polar surface area (TPSA) is 130 Å². The van der Waals surface area contributed by atoms with Gasteiger partial charge >= 0.3 is 5.97 Å². The highest BCUT2D eigenvalue weighted by Gasteiger charge is 2.23. The number of hydrogen-bond acceptors (Lipinski definition) is 9. The van der Waals surface area contributed by atoms with Crippen LogP contribution in [0.25, 0.3) is 21.9 Å². The van der Waals surface area contributed by atoms with Gasteiger partial charge in [0.1, 0.15) is 11.3 Å². The predicted molar refractivity (Wildman–Crippen MR) is 180 cm³/mol. The van der Waals surface area contributed by atoms with Crippen LogP contribution >= 0.6 is 0 Å². The number of esters is 1. The Hall–Kier alpha value is -4.06. The predicted octanol–water partition coefficient (Wildman–Crippen LogP) is 3.25. The number of benzene rings is 2. The van der Waals surface area contributed by atoms with Gasteiger partial charge in [0, 0.05) is 64.2 Å². The van der Waals surface area contributed by atoms with E-state index in [1.807, 2.05) is 47.4 Å². The number of unbranched alkanes of at least 4 members (excludes halogenated alkanes) is 1. The molecule has 0 bridgehead atoms. The lowest BCUT2D eigenvalue weighted by atomic mass is 10.1. The number of aromatic nitrogens is 3. The summed E-state index contributed by atoms with van der Waals surface area (Å²) in [4.78, 5) is 41.8. The van der Waals surface area contributed by atoms with E-state index in [4.69, 9.17) is 15.5 Å². The van der Waals surface area contributed by atoms with Crippen molar-refractivity contribution in [2.24, 2.45) is 0 Å². The van der Waals surface area contributed by atoms with Crippen LogP contribution in [-0.2, 0) is 40.3 Å². The molecule has 3 heterocycles. The third-order valence-electron chi connectivity index (χ3n) is 8.79. The molecule has 11 heteroatoms. The normalized spacial score (nSPS) is 14.2. The minimum atomic E-state index is -0.291. The quantitative estimate of drug-likeness (QED) is 0.190. The Kier molecular flexibility index (Phi) is 11.6. The number of methoxy groups -OCH3 is 1. The maximum Gasteiger partial charge on any atom is 0.309 e. The highest BCUT2D eigenvalue weighted by atomic mass is 16.5. The molecule has 46 heavy (non-hydrogen) atoms. The van der Waals surface area contributed by atoms with E-state index in [0.29, 0.717) is 38.5 Å². The number of aliphatic hydroxyl groups is 1. The van der Waals surface area contributed by atoms with E-state index >= 15 is 0 Å². The van der Waals surface area contributed by atoms with Gasteiger partial charge in [-0.05, 0) is 30.0 Å². The number of β-amino-alcohol motifs (C(OH)–C–C–N with tert-alkyl or cyclic N) is 1. The number of ether oxygens (including phenoxy) is 1. The van der Waals surface area contributed by atoms with E-state index in [-0.39, 0.29) is 24.9 Å². The Bertz CT molecular complexity index is 1630. The number of amides is 1. The lowest BCUT2D eigenvalue weighted by Gasteiger charge is -2.35. The summed E-state index contributed by atoms with van der Waals surface area (Å²) in [7, 11) is 1.39. The van der Waals surface area contributed by atoms with Crippen molar-refractivity contribution in [3.8, 4) is 0 Å². The number of imidazole rings is 1. The van der Waals surface area contributed by atoms with Crippen LogP contribution in [0, 0.1) is 0 Å². The molecule has 0 radical (unpaired) electrons. The lowest BCUT2D eigenvalue weighted by molar-refractivity contribution is -0.139. The Morgan fingerprint density at radius 1 is 0.978 bits per heavy atom.